The topological polar surface area (TPSA) is 11.6 Å². The van der Waals surface area contributed by atoms with Crippen LogP contribution >= 0.6 is 0 Å². The Kier molecular flexibility index (Phi) is 16.0. The van der Waals surface area contributed by atoms with Gasteiger partial charge in [-0.15, -0.1) is 0 Å². The van der Waals surface area contributed by atoms with E-state index in [9.17, 15) is 0 Å². The van der Waals surface area contributed by atoms with Crippen molar-refractivity contribution in [3.8, 4) is 44.9 Å². The fourth-order valence-electron chi connectivity index (χ4n) is 21.2. The molecule has 0 aliphatic heterocycles. The molecule has 3 aromatic heterocycles. The van der Waals surface area contributed by atoms with Crippen molar-refractivity contribution in [2.45, 2.75) is 146 Å². The molecule has 2 fully saturated rings. The van der Waals surface area contributed by atoms with Crippen LogP contribution in [0.3, 0.4) is 0 Å². The standard InChI is InChI=1S/C34H34N.C34H28N.C33H32N/c2*1-21-17-30-31(34-26-15-9-7-13-24(26)33(30)25-14-8-10-16-27(25)34)18-29(21)32-19-28(22(2)20-35(32)3)23-11-5-4-6-12-23;1-21-18-29-30(20-28(21)31-19-23(16-17-34(31)2)22-10-4-3-5-11-22)33-26-14-8-6-12-24(26)32(29)25-13-7-9-15-27(25)33/h7-10,13-20,23,33-34H,4-6,11-12H2,1-3H3;4-20,33-34H,1-3H3;6-9,12-20,22,32-33H,3-5,10-11H2,1-2H3/q3*+1. The van der Waals surface area contributed by atoms with Gasteiger partial charge in [0.2, 0.25) is 17.1 Å². The second kappa shape index (κ2) is 25.8. The molecule has 11 aliphatic carbocycles. The predicted octanol–water partition coefficient (Wildman–Crippen LogP) is 22.8. The maximum atomic E-state index is 2.55. The highest BCUT2D eigenvalue weighted by Gasteiger charge is 2.45. The summed E-state index contributed by atoms with van der Waals surface area (Å²) in [4.78, 5) is 0. The van der Waals surface area contributed by atoms with Crippen molar-refractivity contribution in [2.24, 2.45) is 21.1 Å². The lowest BCUT2D eigenvalue weighted by atomic mass is 9.60. The third kappa shape index (κ3) is 10.4. The Labute approximate surface area is 616 Å². The minimum atomic E-state index is 0.297. The van der Waals surface area contributed by atoms with Gasteiger partial charge in [-0.2, -0.15) is 0 Å². The lowest BCUT2D eigenvalue weighted by Gasteiger charge is -2.42. The first-order chi connectivity index (χ1) is 50.9. The van der Waals surface area contributed by atoms with Gasteiger partial charge in [0.1, 0.15) is 21.1 Å². The Hall–Kier alpha value is -10.4. The van der Waals surface area contributed by atoms with Crippen molar-refractivity contribution in [1.29, 1.82) is 0 Å². The van der Waals surface area contributed by atoms with Crippen LogP contribution in [0, 0.1) is 34.6 Å². The molecule has 2 saturated carbocycles. The van der Waals surface area contributed by atoms with Crippen LogP contribution in [0.4, 0.5) is 0 Å². The smallest absolute Gasteiger partial charge is 0.201 e. The molecule has 0 amide bonds. The summed E-state index contributed by atoms with van der Waals surface area (Å²) in [6.07, 6.45) is 20.6. The second-order valence-corrected chi connectivity index (χ2v) is 32.0. The van der Waals surface area contributed by atoms with Crippen molar-refractivity contribution in [3.63, 3.8) is 0 Å². The number of nitrogens with zero attached hydrogens (tertiary/aromatic N) is 3. The molecule has 24 rings (SSSR count). The number of pyridine rings is 3. The van der Waals surface area contributed by atoms with Crippen LogP contribution in [0.2, 0.25) is 0 Å². The van der Waals surface area contributed by atoms with Crippen LogP contribution in [-0.4, -0.2) is 0 Å². The van der Waals surface area contributed by atoms with Gasteiger partial charge in [-0.05, 0) is 229 Å². The zero-order chi connectivity index (χ0) is 70.2. The van der Waals surface area contributed by atoms with Gasteiger partial charge in [0.25, 0.3) is 0 Å². The summed E-state index contributed by atoms with van der Waals surface area (Å²) in [6, 6.07) is 90.2. The summed E-state index contributed by atoms with van der Waals surface area (Å²) in [7, 11) is 6.60. The average molecular weight is 1350 g/mol. The van der Waals surface area contributed by atoms with E-state index in [0.29, 0.717) is 35.5 Å². The third-order valence-electron chi connectivity index (χ3n) is 26.1. The van der Waals surface area contributed by atoms with Gasteiger partial charge in [0.05, 0.1) is 0 Å². The highest BCUT2D eigenvalue weighted by atomic mass is 14.9. The van der Waals surface area contributed by atoms with E-state index < -0.39 is 0 Å². The molecule has 0 saturated heterocycles. The van der Waals surface area contributed by atoms with E-state index >= 15 is 0 Å². The quantitative estimate of drug-likeness (QED) is 0.147. The van der Waals surface area contributed by atoms with Crippen LogP contribution in [0.15, 0.2) is 255 Å². The lowest BCUT2D eigenvalue weighted by molar-refractivity contribution is -0.660. The van der Waals surface area contributed by atoms with Gasteiger partial charge in [-0.1, -0.05) is 233 Å². The van der Waals surface area contributed by atoms with Crippen LogP contribution in [0.1, 0.15) is 251 Å². The third-order valence-corrected chi connectivity index (χ3v) is 26.1. The fourth-order valence-corrected chi connectivity index (χ4v) is 21.2. The number of rotatable bonds is 6. The number of hydrogen-bond acceptors (Lipinski definition) is 0. The van der Waals surface area contributed by atoms with Crippen molar-refractivity contribution >= 4 is 0 Å². The summed E-state index contributed by atoms with van der Waals surface area (Å²) in [5.74, 6) is 3.42. The molecular formula is C101H94N3+3. The average Bonchev–Trinajstić information content (AvgIpc) is 0.712. The minimum Gasteiger partial charge on any atom is -0.201 e. The van der Waals surface area contributed by atoms with E-state index in [1.165, 1.54) is 243 Å². The molecule has 0 atom stereocenters. The molecule has 0 spiro atoms. The van der Waals surface area contributed by atoms with E-state index in [-0.39, 0.29) is 0 Å². The van der Waals surface area contributed by atoms with Gasteiger partial charge in [0.15, 0.2) is 18.6 Å². The maximum Gasteiger partial charge on any atom is 0.213 e. The van der Waals surface area contributed by atoms with Gasteiger partial charge in [-0.3, -0.25) is 0 Å². The molecule has 3 heteroatoms. The highest BCUT2D eigenvalue weighted by Crippen LogP contribution is 2.60. The first kappa shape index (κ1) is 64.5. The largest absolute Gasteiger partial charge is 0.213 e. The second-order valence-electron chi connectivity index (χ2n) is 32.0. The molecule has 510 valence electrons. The van der Waals surface area contributed by atoms with Crippen molar-refractivity contribution in [2.75, 3.05) is 0 Å². The van der Waals surface area contributed by atoms with Crippen LogP contribution in [-0.2, 0) is 21.1 Å². The fraction of sp³-hybridized carbons (Fsp3) is 0.257. The first-order valence-corrected chi connectivity index (χ1v) is 39.0. The molecular weight excluding hydrogens is 1260 g/mol. The first-order valence-electron chi connectivity index (χ1n) is 39.0. The molecule has 0 radical (unpaired) electrons. The number of hydrogen-bond donors (Lipinski definition) is 0. The van der Waals surface area contributed by atoms with E-state index in [2.05, 4.69) is 325 Å². The predicted molar refractivity (Wildman–Crippen MR) is 424 cm³/mol. The highest BCUT2D eigenvalue weighted by molar-refractivity contribution is 5.79. The zero-order valence-electron chi connectivity index (χ0n) is 61.8. The Balaban J connectivity index is 0.000000107. The molecule has 11 aliphatic rings. The zero-order valence-corrected chi connectivity index (χ0v) is 61.8. The molecule has 0 unspecified atom stereocenters. The molecule has 3 nitrogen and oxygen atoms in total. The number of aryl methyl sites for hydroxylation is 8. The van der Waals surface area contributed by atoms with Crippen LogP contribution in [0.5, 0.6) is 0 Å². The maximum absolute atomic E-state index is 2.55. The normalized spacial score (nSPS) is 19.3. The SMILES string of the molecule is Cc1c[n+](C)c(-c2cc3c(cc2C)C2c4ccccc4C3c3ccccc32)cc1-c1ccccc1.Cc1cc2c(cc1-c1cc(C3CCCCC3)c(C)c[n+]1C)C1c3ccccc3C2c2ccccc21.Cc1cc2c(cc1-c1cc(C3CCCCC3)cc[n+]1C)C1c3ccccc3C2c2ccccc21. The van der Waals surface area contributed by atoms with Crippen LogP contribution in [0.25, 0.3) is 44.9 Å². The van der Waals surface area contributed by atoms with Gasteiger partial charge < -0.3 is 0 Å². The van der Waals surface area contributed by atoms with Crippen molar-refractivity contribution < 1.29 is 13.7 Å². The Bertz CT molecular complexity index is 5480. The van der Waals surface area contributed by atoms with E-state index in [1.807, 2.05) is 0 Å². The van der Waals surface area contributed by atoms with Gasteiger partial charge in [0, 0.05) is 87.6 Å². The molecule has 0 N–H and O–H groups in total. The summed E-state index contributed by atoms with van der Waals surface area (Å²) < 4.78 is 6.98. The molecule has 13 aromatic rings. The molecule has 10 aromatic carbocycles. The molecule has 104 heavy (non-hydrogen) atoms. The van der Waals surface area contributed by atoms with Crippen molar-refractivity contribution in [1.82, 2.24) is 0 Å². The molecule has 6 bridgehead atoms. The minimum absolute atomic E-state index is 0.297. The Morgan fingerprint density at radius 3 is 0.885 bits per heavy atom. The summed E-state index contributed by atoms with van der Waals surface area (Å²) in [5.41, 5.74) is 47.4. The number of benzene rings is 10. The van der Waals surface area contributed by atoms with E-state index in [1.54, 1.807) is 5.56 Å². The van der Waals surface area contributed by atoms with E-state index in [0.717, 1.165) is 11.8 Å². The summed E-state index contributed by atoms with van der Waals surface area (Å²) >= 11 is 0. The van der Waals surface area contributed by atoms with E-state index in [4.69, 9.17) is 0 Å². The van der Waals surface area contributed by atoms with Gasteiger partial charge in [-0.25, -0.2) is 13.7 Å². The summed E-state index contributed by atoms with van der Waals surface area (Å²) in [5, 5.41) is 0. The monoisotopic (exact) mass is 1350 g/mol. The van der Waals surface area contributed by atoms with Crippen LogP contribution < -0.4 is 13.7 Å². The lowest BCUT2D eigenvalue weighted by Crippen LogP contribution is -2.33. The van der Waals surface area contributed by atoms with Gasteiger partial charge >= 0.3 is 0 Å². The van der Waals surface area contributed by atoms with Crippen molar-refractivity contribution in [3.05, 3.63) is 394 Å². The molecule has 3 heterocycles. The Morgan fingerprint density at radius 2 is 0.529 bits per heavy atom. The summed E-state index contributed by atoms with van der Waals surface area (Å²) in [6.45, 7) is 11.4. The number of aromatic nitrogens is 3. The Morgan fingerprint density at radius 1 is 0.231 bits per heavy atom.